The maximum Gasteiger partial charge on any atom is 0.335 e. The highest BCUT2D eigenvalue weighted by Gasteiger charge is 2.07. The lowest BCUT2D eigenvalue weighted by Crippen LogP contribution is -2.12. The molecule has 1 aromatic rings. The number of aromatic nitrogens is 1. The Morgan fingerprint density at radius 2 is 2.07 bits per heavy atom. The van der Waals surface area contributed by atoms with Crippen LogP contribution in [-0.4, -0.2) is 30.2 Å². The Bertz CT molecular complexity index is 342. The predicted octanol–water partition coefficient (Wildman–Crippen LogP) is 1.92. The molecule has 0 bridgehead atoms. The van der Waals surface area contributed by atoms with Gasteiger partial charge in [-0.25, -0.2) is 9.78 Å². The third-order valence-corrected chi connectivity index (χ3v) is 1.68. The minimum atomic E-state index is -1.01. The Kier molecular flexibility index (Phi) is 4.67. The van der Waals surface area contributed by atoms with Crippen LogP contribution in [0.15, 0.2) is 12.1 Å². The number of carboxylic acids is 1. The van der Waals surface area contributed by atoms with Gasteiger partial charge in [-0.3, -0.25) is 0 Å². The molecule has 0 amide bonds. The van der Waals surface area contributed by atoms with Gasteiger partial charge in [0.1, 0.15) is 11.0 Å². The van der Waals surface area contributed by atoms with Crippen molar-refractivity contribution in [1.29, 1.82) is 0 Å². The summed E-state index contributed by atoms with van der Waals surface area (Å²) in [7, 11) is 3.54. The van der Waals surface area contributed by atoms with Crippen molar-refractivity contribution in [1.82, 2.24) is 4.98 Å². The maximum atomic E-state index is 10.6. The van der Waals surface area contributed by atoms with E-state index in [2.05, 4.69) is 4.98 Å². The van der Waals surface area contributed by atoms with Gasteiger partial charge in [-0.2, -0.15) is 0 Å². The maximum absolute atomic E-state index is 10.6. The quantitative estimate of drug-likeness (QED) is 0.798. The van der Waals surface area contributed by atoms with Crippen LogP contribution in [0.3, 0.4) is 0 Å². The topological polar surface area (TPSA) is 53.4 Å². The van der Waals surface area contributed by atoms with E-state index >= 15 is 0 Å². The fourth-order valence-electron chi connectivity index (χ4n) is 0.836. The third kappa shape index (κ3) is 3.05. The van der Waals surface area contributed by atoms with Gasteiger partial charge in [-0.05, 0) is 12.1 Å². The van der Waals surface area contributed by atoms with E-state index in [0.717, 1.165) is 0 Å². The van der Waals surface area contributed by atoms with Gasteiger partial charge in [0.15, 0.2) is 0 Å². The van der Waals surface area contributed by atoms with Crippen molar-refractivity contribution in [3.05, 3.63) is 22.8 Å². The largest absolute Gasteiger partial charge is 0.478 e. The van der Waals surface area contributed by atoms with Gasteiger partial charge in [-0.15, -0.1) is 12.4 Å². The van der Waals surface area contributed by atoms with E-state index in [1.807, 2.05) is 0 Å². The molecule has 0 aliphatic heterocycles. The molecule has 0 atom stereocenters. The molecular weight excluding hydrogens is 227 g/mol. The second kappa shape index (κ2) is 5.02. The molecule has 1 aromatic heterocycles. The zero-order chi connectivity index (χ0) is 10.0. The van der Waals surface area contributed by atoms with Gasteiger partial charge in [0.05, 0.1) is 5.56 Å². The van der Waals surface area contributed by atoms with Gasteiger partial charge in [0.25, 0.3) is 0 Å². The van der Waals surface area contributed by atoms with E-state index in [1.165, 1.54) is 12.1 Å². The second-order valence-electron chi connectivity index (χ2n) is 2.74. The van der Waals surface area contributed by atoms with Crippen LogP contribution >= 0.6 is 24.0 Å². The van der Waals surface area contributed by atoms with E-state index in [1.54, 1.807) is 19.0 Å². The molecule has 0 fully saturated rings. The number of halogens is 2. The fraction of sp³-hybridized carbons (Fsp3) is 0.250. The molecule has 0 aliphatic carbocycles. The first kappa shape index (κ1) is 13.0. The lowest BCUT2D eigenvalue weighted by Gasteiger charge is -2.11. The standard InChI is InChI=1S/C8H9ClN2O2.ClH/c1-11(2)7-4-5(8(12)13)3-6(9)10-7;/h3-4H,1-2H3,(H,12,13);1H. The van der Waals surface area contributed by atoms with Gasteiger partial charge >= 0.3 is 5.97 Å². The number of anilines is 1. The van der Waals surface area contributed by atoms with Gasteiger partial charge in [-0.1, -0.05) is 11.6 Å². The highest BCUT2D eigenvalue weighted by molar-refractivity contribution is 6.29. The average Bonchev–Trinajstić information content (AvgIpc) is 2.03. The Hall–Kier alpha value is -1.000. The molecule has 1 rings (SSSR count). The SMILES string of the molecule is CN(C)c1cc(C(=O)O)cc(Cl)n1.Cl. The molecule has 0 unspecified atom stereocenters. The molecule has 6 heteroatoms. The van der Waals surface area contributed by atoms with Crippen LogP contribution in [0.25, 0.3) is 0 Å². The zero-order valence-electron chi connectivity index (χ0n) is 7.69. The van der Waals surface area contributed by atoms with Crippen LogP contribution in [0.1, 0.15) is 10.4 Å². The summed E-state index contributed by atoms with van der Waals surface area (Å²) >= 11 is 5.64. The first-order valence-corrected chi connectivity index (χ1v) is 3.96. The van der Waals surface area contributed by atoms with E-state index in [9.17, 15) is 4.79 Å². The molecule has 0 saturated carbocycles. The van der Waals surface area contributed by atoms with E-state index in [0.29, 0.717) is 5.82 Å². The molecule has 14 heavy (non-hydrogen) atoms. The van der Waals surface area contributed by atoms with Crippen LogP contribution in [0.4, 0.5) is 5.82 Å². The smallest absolute Gasteiger partial charge is 0.335 e. The summed E-state index contributed by atoms with van der Waals surface area (Å²) in [5.74, 6) is -0.475. The van der Waals surface area contributed by atoms with Crippen molar-refractivity contribution in [3.63, 3.8) is 0 Å². The summed E-state index contributed by atoms with van der Waals surface area (Å²) in [4.78, 5) is 16.3. The fourth-order valence-corrected chi connectivity index (χ4v) is 1.04. The van der Waals surface area contributed by atoms with Crippen molar-refractivity contribution in [3.8, 4) is 0 Å². The third-order valence-electron chi connectivity index (χ3n) is 1.49. The lowest BCUT2D eigenvalue weighted by atomic mass is 10.2. The van der Waals surface area contributed by atoms with E-state index in [4.69, 9.17) is 16.7 Å². The van der Waals surface area contributed by atoms with Crippen molar-refractivity contribution in [2.24, 2.45) is 0 Å². The monoisotopic (exact) mass is 236 g/mol. The van der Waals surface area contributed by atoms with Crippen LogP contribution in [0.2, 0.25) is 5.15 Å². The minimum absolute atomic E-state index is 0. The molecule has 1 N–H and O–H groups in total. The molecule has 0 radical (unpaired) electrons. The van der Waals surface area contributed by atoms with Gasteiger partial charge < -0.3 is 10.0 Å². The summed E-state index contributed by atoms with van der Waals surface area (Å²) in [5, 5.41) is 8.89. The number of hydrogen-bond acceptors (Lipinski definition) is 3. The van der Waals surface area contributed by atoms with Crippen molar-refractivity contribution in [2.45, 2.75) is 0 Å². The average molecular weight is 237 g/mol. The Morgan fingerprint density at radius 3 is 2.50 bits per heavy atom. The Labute approximate surface area is 92.9 Å². The molecule has 0 aromatic carbocycles. The number of aromatic carboxylic acids is 1. The number of rotatable bonds is 2. The zero-order valence-corrected chi connectivity index (χ0v) is 9.26. The summed E-state index contributed by atoms with van der Waals surface area (Å²) < 4.78 is 0. The number of pyridine rings is 1. The molecule has 0 aliphatic rings. The predicted molar refractivity (Wildman–Crippen MR) is 57.8 cm³/mol. The normalized spacial score (nSPS) is 9.07. The van der Waals surface area contributed by atoms with Crippen LogP contribution in [0, 0.1) is 0 Å². The first-order valence-electron chi connectivity index (χ1n) is 3.59. The van der Waals surface area contributed by atoms with Gasteiger partial charge in [0.2, 0.25) is 0 Å². The number of hydrogen-bond donors (Lipinski definition) is 1. The molecule has 1 heterocycles. The summed E-state index contributed by atoms with van der Waals surface area (Å²) in [6, 6.07) is 2.78. The highest BCUT2D eigenvalue weighted by atomic mass is 35.5. The van der Waals surface area contributed by atoms with Crippen LogP contribution in [-0.2, 0) is 0 Å². The summed E-state index contributed by atoms with van der Waals surface area (Å²) in [6.07, 6.45) is 0. The highest BCUT2D eigenvalue weighted by Crippen LogP contribution is 2.16. The first-order chi connectivity index (χ1) is 6.00. The molecule has 0 saturated heterocycles. The number of carboxylic acid groups (broad SMARTS) is 1. The minimum Gasteiger partial charge on any atom is -0.478 e. The molecule has 4 nitrogen and oxygen atoms in total. The van der Waals surface area contributed by atoms with E-state index in [-0.39, 0.29) is 23.1 Å². The Morgan fingerprint density at radius 1 is 1.50 bits per heavy atom. The lowest BCUT2D eigenvalue weighted by molar-refractivity contribution is 0.0697. The van der Waals surface area contributed by atoms with Crippen molar-refractivity contribution < 1.29 is 9.90 Å². The molecule has 0 spiro atoms. The summed E-state index contributed by atoms with van der Waals surface area (Å²) in [5.41, 5.74) is 0.142. The van der Waals surface area contributed by atoms with Gasteiger partial charge in [0, 0.05) is 14.1 Å². The molecule has 78 valence electrons. The number of carbonyl (C=O) groups is 1. The number of nitrogens with zero attached hydrogens (tertiary/aromatic N) is 2. The Balaban J connectivity index is 0.00000169. The second-order valence-corrected chi connectivity index (χ2v) is 3.12. The van der Waals surface area contributed by atoms with E-state index < -0.39 is 5.97 Å². The summed E-state index contributed by atoms with van der Waals surface area (Å²) in [6.45, 7) is 0. The van der Waals surface area contributed by atoms with Crippen LogP contribution < -0.4 is 4.90 Å². The van der Waals surface area contributed by atoms with Crippen LogP contribution in [0.5, 0.6) is 0 Å². The molecular formula is C8H10Cl2N2O2. The van der Waals surface area contributed by atoms with Crippen molar-refractivity contribution in [2.75, 3.05) is 19.0 Å². The van der Waals surface area contributed by atoms with Crippen molar-refractivity contribution >= 4 is 35.8 Å².